The Morgan fingerprint density at radius 1 is 0.982 bits per heavy atom. The predicted molar refractivity (Wildman–Crippen MR) is 201 cm³/mol. The molecule has 56 heavy (non-hydrogen) atoms. The molecule has 6 rings (SSSR count). The highest BCUT2D eigenvalue weighted by Gasteiger charge is 2.36. The first-order valence-electron chi connectivity index (χ1n) is 18.0. The summed E-state index contributed by atoms with van der Waals surface area (Å²) in [5.74, 6) is 3.47. The Hall–Kier alpha value is -5.79. The molecular formula is C40H42F4N8O4. The van der Waals surface area contributed by atoms with Crippen LogP contribution in [0.1, 0.15) is 76.4 Å². The summed E-state index contributed by atoms with van der Waals surface area (Å²) < 4.78 is 64.6. The number of alkyl halides is 3. The minimum absolute atomic E-state index is 0.0762. The normalized spacial score (nSPS) is 15.2. The van der Waals surface area contributed by atoms with Gasteiger partial charge in [0.25, 0.3) is 11.8 Å². The third-order valence-corrected chi connectivity index (χ3v) is 9.55. The number of halogens is 4. The highest BCUT2D eigenvalue weighted by molar-refractivity contribution is 6.06. The maximum Gasteiger partial charge on any atom is 0.417 e. The lowest BCUT2D eigenvalue weighted by molar-refractivity contribution is -0.138. The molecule has 12 nitrogen and oxygen atoms in total. The van der Waals surface area contributed by atoms with Crippen LogP contribution in [0.15, 0.2) is 48.7 Å². The molecule has 0 bridgehead atoms. The number of nitrogens with two attached hydrogens (primary N) is 1. The van der Waals surface area contributed by atoms with Crippen molar-refractivity contribution in [1.82, 2.24) is 29.2 Å². The molecule has 3 N–H and O–H groups in total. The fourth-order valence-electron chi connectivity index (χ4n) is 6.69. The quantitative estimate of drug-likeness (QED) is 0.180. The number of aromatic nitrogens is 3. The van der Waals surface area contributed by atoms with Gasteiger partial charge in [-0.1, -0.05) is 24.8 Å². The second-order valence-corrected chi connectivity index (χ2v) is 14.6. The number of nitrogen functional groups attached to an aromatic ring is 1. The fourth-order valence-corrected chi connectivity index (χ4v) is 6.69. The Morgan fingerprint density at radius 3 is 2.38 bits per heavy atom. The van der Waals surface area contributed by atoms with E-state index in [1.165, 1.54) is 24.4 Å². The van der Waals surface area contributed by atoms with Crippen molar-refractivity contribution in [3.63, 3.8) is 0 Å². The van der Waals surface area contributed by atoms with Gasteiger partial charge < -0.3 is 25.3 Å². The van der Waals surface area contributed by atoms with Crippen LogP contribution < -0.4 is 11.1 Å². The zero-order valence-corrected chi connectivity index (χ0v) is 31.7. The topological polar surface area (TPSA) is 139 Å². The first kappa shape index (κ1) is 39.9. The van der Waals surface area contributed by atoms with E-state index < -0.39 is 41.1 Å². The molecular weight excluding hydrogens is 732 g/mol. The highest BCUT2D eigenvalue weighted by Crippen LogP contribution is 2.35. The lowest BCUT2D eigenvalue weighted by Gasteiger charge is -2.34. The van der Waals surface area contributed by atoms with E-state index in [4.69, 9.17) is 10.5 Å². The van der Waals surface area contributed by atoms with Crippen LogP contribution in [0.5, 0.6) is 0 Å². The third kappa shape index (κ3) is 9.01. The molecule has 3 amide bonds. The van der Waals surface area contributed by atoms with Gasteiger partial charge in [0, 0.05) is 81.4 Å². The van der Waals surface area contributed by atoms with Crippen molar-refractivity contribution in [1.29, 1.82) is 0 Å². The van der Waals surface area contributed by atoms with E-state index in [-0.39, 0.29) is 58.2 Å². The molecule has 1 saturated heterocycles. The molecule has 0 aliphatic carbocycles. The van der Waals surface area contributed by atoms with Crippen molar-refractivity contribution in [2.45, 2.75) is 52.4 Å². The molecule has 0 spiro atoms. The number of carbonyl (C=O) groups excluding carboxylic acids is 3. The molecule has 2 aromatic carbocycles. The van der Waals surface area contributed by atoms with Crippen molar-refractivity contribution in [3.05, 3.63) is 93.6 Å². The summed E-state index contributed by atoms with van der Waals surface area (Å²) in [4.78, 5) is 53.1. The Morgan fingerprint density at radius 2 is 1.70 bits per heavy atom. The van der Waals surface area contributed by atoms with Crippen molar-refractivity contribution in [3.8, 4) is 23.2 Å². The number of ether oxygens (including phenoxy) is 1. The molecule has 2 aliphatic heterocycles. The Labute approximate surface area is 321 Å². The second-order valence-electron chi connectivity index (χ2n) is 14.6. The number of nitrogens with one attached hydrogen (secondary N) is 1. The Bertz CT molecular complexity index is 2240. The SMILES string of the molecule is CCN1CCN(Cc2ccc(NC(=O)c3cc(F)cc(C#Cc4cnc(N)nc4-c4cc5c(n4C)CCN(C(=O)OC(C)(C)C)C5=O)c3)cc2C(F)(F)F)CC1. The second kappa shape index (κ2) is 15.8. The number of imide groups is 1. The summed E-state index contributed by atoms with van der Waals surface area (Å²) in [6.07, 6.45) is -3.70. The smallest absolute Gasteiger partial charge is 0.417 e. The van der Waals surface area contributed by atoms with Gasteiger partial charge in [-0.15, -0.1) is 0 Å². The van der Waals surface area contributed by atoms with Crippen LogP contribution in [0.2, 0.25) is 0 Å². The van der Waals surface area contributed by atoms with Crippen molar-refractivity contribution in [2.75, 3.05) is 50.3 Å². The summed E-state index contributed by atoms with van der Waals surface area (Å²) in [6.45, 7) is 11.1. The lowest BCUT2D eigenvalue weighted by Crippen LogP contribution is -2.45. The van der Waals surface area contributed by atoms with Gasteiger partial charge in [0.2, 0.25) is 5.95 Å². The predicted octanol–water partition coefficient (Wildman–Crippen LogP) is 5.95. The lowest BCUT2D eigenvalue weighted by atomic mass is 10.0. The standard InChI is InChI=1S/C40H42F4N8O4/c1-6-50-13-15-51(16-14-50)23-26-9-10-29(20-31(26)40(42,43)44)47-35(53)27-17-24(18-28(41)19-27)7-8-25-22-46-37(45)48-34(25)33-21-30-32(49(33)5)11-12-52(36(30)54)38(55)56-39(2,3)4/h9-10,17-22H,6,11-16,23H2,1-5H3,(H,47,53)(H2,45,46,48). The van der Waals surface area contributed by atoms with Gasteiger partial charge in [-0.2, -0.15) is 13.2 Å². The Balaban J connectivity index is 1.23. The van der Waals surface area contributed by atoms with Crippen LogP contribution in [0, 0.1) is 17.7 Å². The molecule has 0 unspecified atom stereocenters. The number of nitrogens with zero attached hydrogens (tertiary/aromatic N) is 6. The molecule has 0 radical (unpaired) electrons. The summed E-state index contributed by atoms with van der Waals surface area (Å²) >= 11 is 0. The van der Waals surface area contributed by atoms with Crippen LogP contribution >= 0.6 is 0 Å². The molecule has 2 aliphatic rings. The maximum atomic E-state index is 14.9. The molecule has 16 heteroatoms. The zero-order chi connectivity index (χ0) is 40.5. The number of rotatable bonds is 6. The molecule has 0 atom stereocenters. The zero-order valence-electron chi connectivity index (χ0n) is 31.7. The van der Waals surface area contributed by atoms with Crippen LogP contribution in [0.25, 0.3) is 11.4 Å². The van der Waals surface area contributed by atoms with Crippen molar-refractivity contribution >= 4 is 29.5 Å². The van der Waals surface area contributed by atoms with E-state index in [0.717, 1.165) is 42.7 Å². The van der Waals surface area contributed by atoms with E-state index in [1.807, 2.05) is 11.8 Å². The number of anilines is 2. The van der Waals surface area contributed by atoms with E-state index in [2.05, 4.69) is 32.0 Å². The number of fused-ring (bicyclic) bond motifs is 1. The highest BCUT2D eigenvalue weighted by atomic mass is 19.4. The number of amides is 3. The molecule has 0 saturated carbocycles. The first-order valence-corrected chi connectivity index (χ1v) is 18.0. The van der Waals surface area contributed by atoms with Crippen molar-refractivity contribution in [2.24, 2.45) is 7.05 Å². The summed E-state index contributed by atoms with van der Waals surface area (Å²) in [5.41, 5.74) is 6.12. The van der Waals surface area contributed by atoms with Gasteiger partial charge in [-0.25, -0.2) is 24.1 Å². The number of piperazine rings is 1. The van der Waals surface area contributed by atoms with E-state index in [0.29, 0.717) is 30.9 Å². The van der Waals surface area contributed by atoms with Crippen molar-refractivity contribution < 1.29 is 36.7 Å². The molecule has 4 aromatic rings. The average molecular weight is 775 g/mol. The van der Waals surface area contributed by atoms with Gasteiger partial charge in [0.05, 0.1) is 22.4 Å². The minimum Gasteiger partial charge on any atom is -0.443 e. The monoisotopic (exact) mass is 774 g/mol. The summed E-state index contributed by atoms with van der Waals surface area (Å²) in [7, 11) is 1.73. The number of likely N-dealkylation sites (N-methyl/N-ethyl adjacent to an activating group) is 1. The number of hydrogen-bond acceptors (Lipinski definition) is 9. The van der Waals surface area contributed by atoms with Gasteiger partial charge in [0.15, 0.2) is 0 Å². The Kier molecular flexibility index (Phi) is 11.2. The van der Waals surface area contributed by atoms with E-state index >= 15 is 0 Å². The number of benzene rings is 2. The summed E-state index contributed by atoms with van der Waals surface area (Å²) in [5, 5.41) is 2.46. The molecule has 1 fully saturated rings. The van der Waals surface area contributed by atoms with Gasteiger partial charge in [-0.3, -0.25) is 14.5 Å². The first-order chi connectivity index (χ1) is 26.4. The summed E-state index contributed by atoms with van der Waals surface area (Å²) in [6, 6.07) is 8.59. The minimum atomic E-state index is -4.66. The van der Waals surface area contributed by atoms with Crippen LogP contribution in [-0.2, 0) is 30.9 Å². The van der Waals surface area contributed by atoms with Crippen LogP contribution in [0.3, 0.4) is 0 Å². The number of hydrogen-bond donors (Lipinski definition) is 2. The fraction of sp³-hybridized carbons (Fsp3) is 0.375. The van der Waals surface area contributed by atoms with Gasteiger partial charge in [0.1, 0.15) is 17.1 Å². The van der Waals surface area contributed by atoms with Gasteiger partial charge in [-0.05, 0) is 69.3 Å². The van der Waals surface area contributed by atoms with Gasteiger partial charge >= 0.3 is 12.3 Å². The van der Waals surface area contributed by atoms with Crippen LogP contribution in [-0.4, -0.2) is 92.0 Å². The molecule has 2 aromatic heterocycles. The average Bonchev–Trinajstić information content (AvgIpc) is 3.47. The molecule has 4 heterocycles. The van der Waals surface area contributed by atoms with Crippen LogP contribution in [0.4, 0.5) is 34.0 Å². The largest absolute Gasteiger partial charge is 0.443 e. The third-order valence-electron chi connectivity index (χ3n) is 9.55. The molecule has 294 valence electrons. The van der Waals surface area contributed by atoms with E-state index in [1.54, 1.807) is 38.5 Å². The maximum absolute atomic E-state index is 14.9. The van der Waals surface area contributed by atoms with E-state index in [9.17, 15) is 31.9 Å². The number of carbonyl (C=O) groups is 3.